The normalized spacial score (nSPS) is 21.4. The summed E-state index contributed by atoms with van der Waals surface area (Å²) in [5.74, 6) is -0.426. The molecule has 0 spiro atoms. The summed E-state index contributed by atoms with van der Waals surface area (Å²) >= 11 is 2.03. The van der Waals surface area contributed by atoms with Gasteiger partial charge in [-0.15, -0.1) is 11.3 Å². The van der Waals surface area contributed by atoms with Crippen LogP contribution in [0.5, 0.6) is 0 Å². The van der Waals surface area contributed by atoms with Crippen molar-refractivity contribution in [3.63, 3.8) is 0 Å². The van der Waals surface area contributed by atoms with E-state index in [0.29, 0.717) is 5.56 Å². The second-order valence-electron chi connectivity index (χ2n) is 28.7. The molecule has 402 valence electrons. The molecule has 4 heteroatoms. The first-order chi connectivity index (χ1) is 39.2. The van der Waals surface area contributed by atoms with E-state index in [1.165, 1.54) is 96.4 Å². The summed E-state index contributed by atoms with van der Waals surface area (Å²) in [5.41, 5.74) is 23.8. The standard InChI is InChI=1S/C76H79BN2S/c1-47-22-20-21-27-54(47)67(49-25-18-15-19-26-49)50-40-64-68-65(41-50)79(62-32-28-51(71(2,3)4)42-55(62)48-23-16-14-17-24-48)63-33-29-52(72(5,6)7)43-61(63)77(68)70-69(78(64)53-30-31-57-58(44-53)74(10,11)35-34-73(57,8)9)56-45-59-60(46-66(56)80-70)76(13)38-36-75(59,12)37-39-76/h14-33,40-46,67H,34-39H2,1-13H3/i1D3. The van der Waals surface area contributed by atoms with Crippen LogP contribution in [0.25, 0.3) is 21.2 Å². The van der Waals surface area contributed by atoms with Crippen molar-refractivity contribution < 1.29 is 4.11 Å². The van der Waals surface area contributed by atoms with E-state index in [4.69, 9.17) is 4.11 Å². The number of nitrogens with zero attached hydrogens (tertiary/aromatic N) is 2. The topological polar surface area (TPSA) is 6.48 Å². The van der Waals surface area contributed by atoms with Crippen LogP contribution < -0.4 is 25.5 Å². The molecule has 0 saturated heterocycles. The molecule has 0 radical (unpaired) electrons. The van der Waals surface area contributed by atoms with Gasteiger partial charge in [0.2, 0.25) is 0 Å². The Bertz CT molecular complexity index is 4110. The Hall–Kier alpha value is -6.62. The lowest BCUT2D eigenvalue weighted by Gasteiger charge is -2.52. The predicted molar refractivity (Wildman–Crippen MR) is 346 cm³/mol. The van der Waals surface area contributed by atoms with Gasteiger partial charge in [0, 0.05) is 53.2 Å². The van der Waals surface area contributed by atoms with E-state index in [9.17, 15) is 0 Å². The number of thiophene rings is 1. The fourth-order valence-corrected chi connectivity index (χ4v) is 16.7. The number of aryl methyl sites for hydroxylation is 1. The van der Waals surface area contributed by atoms with Gasteiger partial charge in [0.25, 0.3) is 6.71 Å². The van der Waals surface area contributed by atoms with Crippen LogP contribution in [0.4, 0.5) is 34.1 Å². The highest BCUT2D eigenvalue weighted by Gasteiger charge is 2.51. The molecule has 2 aliphatic heterocycles. The molecule has 9 aromatic rings. The summed E-state index contributed by atoms with van der Waals surface area (Å²) in [5, 5.41) is 1.34. The average Bonchev–Trinajstić information content (AvgIpc) is 1.90. The first-order valence-electron chi connectivity index (χ1n) is 31.3. The maximum atomic E-state index is 9.11. The van der Waals surface area contributed by atoms with Crippen molar-refractivity contribution in [1.82, 2.24) is 0 Å². The van der Waals surface area contributed by atoms with Gasteiger partial charge >= 0.3 is 0 Å². The monoisotopic (exact) mass is 1070 g/mol. The molecule has 4 aliphatic carbocycles. The summed E-state index contributed by atoms with van der Waals surface area (Å²) in [6.45, 7) is 26.4. The predicted octanol–water partition coefficient (Wildman–Crippen LogP) is 19.2. The molecule has 2 nitrogen and oxygen atoms in total. The summed E-state index contributed by atoms with van der Waals surface area (Å²) in [4.78, 5) is 5.32. The van der Waals surface area contributed by atoms with Crippen molar-refractivity contribution in [3.05, 3.63) is 219 Å². The van der Waals surface area contributed by atoms with Crippen molar-refractivity contribution >= 4 is 78.0 Å². The van der Waals surface area contributed by atoms with E-state index < -0.39 is 12.8 Å². The third kappa shape index (κ3) is 7.84. The Morgan fingerprint density at radius 3 is 1.76 bits per heavy atom. The first-order valence-corrected chi connectivity index (χ1v) is 30.6. The lowest BCUT2D eigenvalue weighted by molar-refractivity contribution is 0.188. The molecule has 1 fully saturated rings. The fourth-order valence-electron chi connectivity index (χ4n) is 15.3. The van der Waals surface area contributed by atoms with E-state index in [1.54, 1.807) is 11.1 Å². The average molecular weight is 1070 g/mol. The lowest BCUT2D eigenvalue weighted by Crippen LogP contribution is -2.60. The second-order valence-corrected chi connectivity index (χ2v) is 29.8. The van der Waals surface area contributed by atoms with Crippen molar-refractivity contribution in [2.75, 3.05) is 9.80 Å². The van der Waals surface area contributed by atoms with Gasteiger partial charge < -0.3 is 9.80 Å². The molecular formula is C76H79BN2S. The molecule has 1 saturated carbocycles. The third-order valence-corrected chi connectivity index (χ3v) is 21.7. The van der Waals surface area contributed by atoms with Crippen LogP contribution in [0.1, 0.15) is 187 Å². The van der Waals surface area contributed by atoms with Crippen LogP contribution >= 0.6 is 11.3 Å². The van der Waals surface area contributed by atoms with Gasteiger partial charge in [0.1, 0.15) is 0 Å². The molecule has 1 unspecified atom stereocenters. The van der Waals surface area contributed by atoms with E-state index in [2.05, 4.69) is 238 Å². The summed E-state index contributed by atoms with van der Waals surface area (Å²) in [7, 11) is 0. The van der Waals surface area contributed by atoms with Crippen molar-refractivity contribution in [2.24, 2.45) is 0 Å². The van der Waals surface area contributed by atoms with Crippen LogP contribution in [-0.2, 0) is 32.5 Å². The summed E-state index contributed by atoms with van der Waals surface area (Å²) in [6.07, 6.45) is 7.14. The highest BCUT2D eigenvalue weighted by Crippen LogP contribution is 2.60. The van der Waals surface area contributed by atoms with E-state index in [0.717, 1.165) is 52.2 Å². The molecular weight excluding hydrogens is 984 g/mol. The van der Waals surface area contributed by atoms with Crippen LogP contribution in [0.2, 0.25) is 0 Å². The zero-order valence-corrected chi connectivity index (χ0v) is 50.1. The van der Waals surface area contributed by atoms with Crippen molar-refractivity contribution in [3.8, 4) is 11.1 Å². The lowest BCUT2D eigenvalue weighted by atomic mass is 9.36. The molecule has 0 amide bonds. The van der Waals surface area contributed by atoms with E-state index >= 15 is 0 Å². The molecule has 6 aliphatic rings. The number of rotatable bonds is 6. The Morgan fingerprint density at radius 2 is 1.10 bits per heavy atom. The number of hydrogen-bond donors (Lipinski definition) is 0. The minimum absolute atomic E-state index is 0.0344. The molecule has 0 N–H and O–H groups in total. The Morgan fingerprint density at radius 1 is 0.512 bits per heavy atom. The quantitative estimate of drug-likeness (QED) is 0.121. The maximum Gasteiger partial charge on any atom is 0.264 e. The Kier molecular flexibility index (Phi) is 10.6. The molecule has 80 heavy (non-hydrogen) atoms. The Balaban J connectivity index is 1.17. The highest BCUT2D eigenvalue weighted by atomic mass is 32.1. The largest absolute Gasteiger partial charge is 0.311 e. The minimum atomic E-state index is -2.35. The Labute approximate surface area is 486 Å². The van der Waals surface area contributed by atoms with Gasteiger partial charge in [-0.05, 0) is 205 Å². The zero-order valence-electron chi connectivity index (χ0n) is 52.3. The van der Waals surface area contributed by atoms with Gasteiger partial charge in [-0.1, -0.05) is 192 Å². The highest BCUT2D eigenvalue weighted by molar-refractivity contribution is 7.33. The fraction of sp³-hybridized carbons (Fsp3) is 0.342. The smallest absolute Gasteiger partial charge is 0.264 e. The first kappa shape index (κ1) is 48.1. The summed E-state index contributed by atoms with van der Waals surface area (Å²) < 4.78 is 30.1. The van der Waals surface area contributed by atoms with Crippen LogP contribution in [-0.4, -0.2) is 6.71 Å². The van der Waals surface area contributed by atoms with Crippen LogP contribution in [0.15, 0.2) is 164 Å². The molecule has 1 atom stereocenters. The minimum Gasteiger partial charge on any atom is -0.311 e. The zero-order chi connectivity index (χ0) is 58.1. The molecule has 3 heterocycles. The van der Waals surface area contributed by atoms with Gasteiger partial charge in [-0.2, -0.15) is 0 Å². The van der Waals surface area contributed by atoms with Gasteiger partial charge in [-0.3, -0.25) is 0 Å². The van der Waals surface area contributed by atoms with E-state index in [1.807, 2.05) is 29.5 Å². The summed E-state index contributed by atoms with van der Waals surface area (Å²) in [6, 6.07) is 61.9. The molecule has 8 aromatic carbocycles. The molecule has 2 bridgehead atoms. The van der Waals surface area contributed by atoms with Crippen LogP contribution in [0, 0.1) is 6.85 Å². The molecule has 15 rings (SSSR count). The number of benzene rings is 8. The number of fused-ring (bicyclic) bond motifs is 9. The second kappa shape index (κ2) is 17.7. The SMILES string of the molecule is [2H]C([2H])([2H])c1ccccc1C(c1ccccc1)c1cc2c3c(c1)N(c1ccc4c(c1)C(C)(C)CCC4(C)C)c1c(sc4cc5c(cc14)C1(C)CCC5(C)CC1)B3c1cc(C(C)(C)C)ccc1N2c1ccc(C(C)(C)C)cc1-c1ccccc1. The third-order valence-electron chi connectivity index (χ3n) is 20.5. The van der Waals surface area contributed by atoms with E-state index in [-0.39, 0.29) is 39.2 Å². The van der Waals surface area contributed by atoms with Crippen molar-refractivity contribution in [2.45, 2.75) is 167 Å². The number of hydrogen-bond acceptors (Lipinski definition) is 3. The van der Waals surface area contributed by atoms with Gasteiger partial charge in [-0.25, -0.2) is 0 Å². The molecule has 1 aromatic heterocycles. The van der Waals surface area contributed by atoms with Gasteiger partial charge in [0.05, 0.1) is 11.4 Å². The van der Waals surface area contributed by atoms with Crippen LogP contribution in [0.3, 0.4) is 0 Å². The number of anilines is 6. The van der Waals surface area contributed by atoms with Gasteiger partial charge in [0.15, 0.2) is 0 Å². The maximum absolute atomic E-state index is 9.11. The van der Waals surface area contributed by atoms with Crippen molar-refractivity contribution in [1.29, 1.82) is 0 Å².